The first-order chi connectivity index (χ1) is 8.64. The average Bonchev–Trinajstić information content (AvgIpc) is 2.37. The van der Waals surface area contributed by atoms with E-state index in [-0.39, 0.29) is 11.1 Å². The molecule has 0 aliphatic heterocycles. The van der Waals surface area contributed by atoms with Crippen LogP contribution in [0.4, 0.5) is 10.1 Å². The summed E-state index contributed by atoms with van der Waals surface area (Å²) in [5, 5.41) is 12.1. The third-order valence-electron chi connectivity index (χ3n) is 3.61. The van der Waals surface area contributed by atoms with Crippen molar-refractivity contribution in [2.75, 3.05) is 11.9 Å². The predicted octanol–water partition coefficient (Wildman–Crippen LogP) is 2.77. The highest BCUT2D eigenvalue weighted by Crippen LogP contribution is 2.27. The van der Waals surface area contributed by atoms with E-state index in [0.717, 1.165) is 25.7 Å². The van der Waals surface area contributed by atoms with Gasteiger partial charge in [-0.2, -0.15) is 5.26 Å². The summed E-state index contributed by atoms with van der Waals surface area (Å²) >= 11 is 0. The molecule has 3 N–H and O–H groups in total. The summed E-state index contributed by atoms with van der Waals surface area (Å²) in [7, 11) is 0. The normalized spacial score (nSPS) is 18.1. The van der Waals surface area contributed by atoms with Crippen molar-refractivity contribution in [1.82, 2.24) is 0 Å². The molecule has 18 heavy (non-hydrogen) atoms. The fraction of sp³-hybridized carbons (Fsp3) is 0.500. The van der Waals surface area contributed by atoms with Crippen LogP contribution in [0.2, 0.25) is 0 Å². The molecule has 0 atom stereocenters. The molecular weight excluding hydrogens is 229 g/mol. The lowest BCUT2D eigenvalue weighted by atomic mass is 9.82. The number of benzene rings is 1. The third-order valence-corrected chi connectivity index (χ3v) is 3.61. The van der Waals surface area contributed by atoms with Crippen LogP contribution in [0.1, 0.15) is 37.7 Å². The van der Waals surface area contributed by atoms with Crippen molar-refractivity contribution in [2.24, 2.45) is 5.73 Å². The molecule has 96 valence electrons. The number of nitrogens with zero attached hydrogens (tertiary/aromatic N) is 1. The van der Waals surface area contributed by atoms with Crippen LogP contribution in [-0.2, 0) is 0 Å². The number of halogens is 1. The summed E-state index contributed by atoms with van der Waals surface area (Å²) in [4.78, 5) is 0. The molecule has 1 aromatic rings. The minimum absolute atomic E-state index is 0.0666. The highest BCUT2D eigenvalue weighted by atomic mass is 19.1. The van der Waals surface area contributed by atoms with Gasteiger partial charge in [-0.3, -0.25) is 0 Å². The van der Waals surface area contributed by atoms with E-state index in [4.69, 9.17) is 11.0 Å². The second kappa shape index (κ2) is 5.36. The van der Waals surface area contributed by atoms with Gasteiger partial charge in [0.2, 0.25) is 0 Å². The molecule has 0 saturated heterocycles. The summed E-state index contributed by atoms with van der Waals surface area (Å²) in [6.45, 7) is 0.588. The Morgan fingerprint density at radius 1 is 1.33 bits per heavy atom. The second-order valence-corrected chi connectivity index (χ2v) is 5.05. The van der Waals surface area contributed by atoms with Crippen molar-refractivity contribution >= 4 is 5.69 Å². The van der Waals surface area contributed by atoms with E-state index < -0.39 is 5.82 Å². The van der Waals surface area contributed by atoms with Crippen LogP contribution < -0.4 is 11.1 Å². The van der Waals surface area contributed by atoms with E-state index in [1.165, 1.54) is 12.5 Å². The Hall–Kier alpha value is -1.60. The maximum atomic E-state index is 13.4. The Bertz CT molecular complexity index is 459. The van der Waals surface area contributed by atoms with E-state index in [1.807, 2.05) is 6.07 Å². The average molecular weight is 247 g/mol. The smallest absolute Gasteiger partial charge is 0.143 e. The van der Waals surface area contributed by atoms with E-state index in [0.29, 0.717) is 12.2 Å². The second-order valence-electron chi connectivity index (χ2n) is 5.05. The minimum atomic E-state index is -0.489. The number of anilines is 1. The Morgan fingerprint density at radius 3 is 2.72 bits per heavy atom. The fourth-order valence-electron chi connectivity index (χ4n) is 2.49. The van der Waals surface area contributed by atoms with Crippen molar-refractivity contribution in [2.45, 2.75) is 37.6 Å². The monoisotopic (exact) mass is 247 g/mol. The summed E-state index contributed by atoms with van der Waals surface area (Å²) in [6, 6.07) is 6.50. The van der Waals surface area contributed by atoms with Crippen molar-refractivity contribution in [1.29, 1.82) is 5.26 Å². The number of hydrogen-bond donors (Lipinski definition) is 2. The van der Waals surface area contributed by atoms with Crippen molar-refractivity contribution < 1.29 is 4.39 Å². The third kappa shape index (κ3) is 2.80. The van der Waals surface area contributed by atoms with Gasteiger partial charge in [-0.05, 0) is 25.0 Å². The van der Waals surface area contributed by atoms with Gasteiger partial charge < -0.3 is 11.1 Å². The summed E-state index contributed by atoms with van der Waals surface area (Å²) in [5.41, 5.74) is 6.67. The molecule has 1 aliphatic rings. The van der Waals surface area contributed by atoms with Crippen LogP contribution in [0.3, 0.4) is 0 Å². The van der Waals surface area contributed by atoms with Gasteiger partial charge in [-0.15, -0.1) is 0 Å². The maximum absolute atomic E-state index is 13.4. The molecule has 3 nitrogen and oxygen atoms in total. The molecule has 1 aliphatic carbocycles. The first-order valence-corrected chi connectivity index (χ1v) is 6.36. The van der Waals surface area contributed by atoms with E-state index in [1.54, 1.807) is 12.1 Å². The Labute approximate surface area is 107 Å². The van der Waals surface area contributed by atoms with Crippen molar-refractivity contribution in [3.63, 3.8) is 0 Å². The number of nitrogens with two attached hydrogens (primary N) is 1. The van der Waals surface area contributed by atoms with Crippen LogP contribution in [-0.4, -0.2) is 12.1 Å². The lowest BCUT2D eigenvalue weighted by molar-refractivity contribution is 0.311. The molecule has 1 aromatic carbocycles. The molecule has 4 heteroatoms. The highest BCUT2D eigenvalue weighted by Gasteiger charge is 2.27. The van der Waals surface area contributed by atoms with Crippen LogP contribution in [0.15, 0.2) is 18.2 Å². The van der Waals surface area contributed by atoms with Crippen LogP contribution >= 0.6 is 0 Å². The van der Waals surface area contributed by atoms with Gasteiger partial charge in [-0.1, -0.05) is 25.3 Å². The predicted molar refractivity (Wildman–Crippen MR) is 69.6 cm³/mol. The van der Waals surface area contributed by atoms with Crippen LogP contribution in [0.25, 0.3) is 0 Å². The van der Waals surface area contributed by atoms with Gasteiger partial charge in [0.1, 0.15) is 17.4 Å². The molecule has 0 radical (unpaired) electrons. The Kier molecular flexibility index (Phi) is 3.83. The number of rotatable bonds is 3. The van der Waals surface area contributed by atoms with Crippen molar-refractivity contribution in [3.05, 3.63) is 29.6 Å². The molecule has 0 spiro atoms. The lowest BCUT2D eigenvalue weighted by Gasteiger charge is -2.34. The molecule has 0 unspecified atom stereocenters. The standard InChI is InChI=1S/C14H18FN3/c15-12-5-4-6-13(11(12)9-16)18-10-14(17)7-2-1-3-8-14/h4-6,18H,1-3,7-8,10,17H2. The van der Waals surface area contributed by atoms with Gasteiger partial charge >= 0.3 is 0 Å². The quantitative estimate of drug-likeness (QED) is 0.863. The zero-order valence-electron chi connectivity index (χ0n) is 10.4. The molecule has 2 rings (SSSR count). The van der Waals surface area contributed by atoms with Crippen molar-refractivity contribution in [3.8, 4) is 6.07 Å². The first kappa shape index (κ1) is 12.8. The fourth-order valence-corrected chi connectivity index (χ4v) is 2.49. The minimum Gasteiger partial charge on any atom is -0.382 e. The molecule has 0 amide bonds. The Balaban J connectivity index is 2.06. The molecule has 0 bridgehead atoms. The van der Waals surface area contributed by atoms with E-state index >= 15 is 0 Å². The molecule has 1 saturated carbocycles. The van der Waals surface area contributed by atoms with Gasteiger partial charge in [0.25, 0.3) is 0 Å². The maximum Gasteiger partial charge on any atom is 0.143 e. The van der Waals surface area contributed by atoms with E-state index in [2.05, 4.69) is 5.32 Å². The Morgan fingerprint density at radius 2 is 2.06 bits per heavy atom. The van der Waals surface area contributed by atoms with E-state index in [9.17, 15) is 4.39 Å². The molecular formula is C14H18FN3. The van der Waals surface area contributed by atoms with Gasteiger partial charge in [-0.25, -0.2) is 4.39 Å². The summed E-state index contributed by atoms with van der Waals surface area (Å²) in [6.07, 6.45) is 5.50. The van der Waals surface area contributed by atoms with Gasteiger partial charge in [0.05, 0.1) is 5.69 Å². The van der Waals surface area contributed by atoms with Crippen LogP contribution in [0.5, 0.6) is 0 Å². The SMILES string of the molecule is N#Cc1c(F)cccc1NCC1(N)CCCCC1. The highest BCUT2D eigenvalue weighted by molar-refractivity contribution is 5.58. The van der Waals surface area contributed by atoms with Gasteiger partial charge in [0.15, 0.2) is 0 Å². The molecule has 0 heterocycles. The van der Waals surface area contributed by atoms with Gasteiger partial charge in [0, 0.05) is 12.1 Å². The summed E-state index contributed by atoms with van der Waals surface area (Å²) < 4.78 is 13.4. The van der Waals surface area contributed by atoms with Crippen LogP contribution in [0, 0.1) is 17.1 Å². The topological polar surface area (TPSA) is 61.8 Å². The number of nitrogens with one attached hydrogen (secondary N) is 1. The zero-order valence-corrected chi connectivity index (χ0v) is 10.4. The number of hydrogen-bond acceptors (Lipinski definition) is 3. The largest absolute Gasteiger partial charge is 0.382 e. The zero-order chi connectivity index (χ0) is 13.0. The summed E-state index contributed by atoms with van der Waals surface area (Å²) in [5.74, 6) is -0.489. The first-order valence-electron chi connectivity index (χ1n) is 6.36. The molecule has 1 fully saturated rings. The number of nitriles is 1. The lowest BCUT2D eigenvalue weighted by Crippen LogP contribution is -2.47. The molecule has 0 aromatic heterocycles.